The van der Waals surface area contributed by atoms with Crippen molar-refractivity contribution in [2.75, 3.05) is 18.0 Å². The molecule has 1 aliphatic heterocycles. The molecule has 1 aromatic heterocycles. The molecule has 0 amide bonds. The summed E-state index contributed by atoms with van der Waals surface area (Å²) in [5.74, 6) is 1.01. The molecular formula is C15H13N3. The van der Waals surface area contributed by atoms with Gasteiger partial charge in [0.15, 0.2) is 0 Å². The van der Waals surface area contributed by atoms with Gasteiger partial charge in [-0.15, -0.1) is 0 Å². The largest absolute Gasteiger partial charge is 0.353 e. The lowest BCUT2D eigenvalue weighted by atomic mass is 10.1. The van der Waals surface area contributed by atoms with Crippen LogP contribution >= 0.6 is 0 Å². The van der Waals surface area contributed by atoms with E-state index in [1.807, 2.05) is 30.3 Å². The molecule has 0 atom stereocenters. The normalized spacial score (nSPS) is 14.7. The molecule has 1 aliphatic rings. The van der Waals surface area contributed by atoms with Gasteiger partial charge in [-0.05, 0) is 36.8 Å². The Morgan fingerprint density at radius 2 is 2.11 bits per heavy atom. The molecule has 2 heterocycles. The maximum absolute atomic E-state index is 8.87. The number of rotatable bonds is 1. The summed E-state index contributed by atoms with van der Waals surface area (Å²) in [7, 11) is 0. The molecule has 0 saturated heterocycles. The van der Waals surface area contributed by atoms with Gasteiger partial charge in [0, 0.05) is 18.5 Å². The van der Waals surface area contributed by atoms with E-state index in [2.05, 4.69) is 28.1 Å². The number of hydrogen-bond acceptors (Lipinski definition) is 3. The summed E-state index contributed by atoms with van der Waals surface area (Å²) in [6.45, 7) is 1.94. The molecule has 3 rings (SSSR count). The lowest BCUT2D eigenvalue weighted by molar-refractivity contribution is 0.808. The van der Waals surface area contributed by atoms with Crippen LogP contribution in [0.3, 0.4) is 0 Å². The fourth-order valence-electron chi connectivity index (χ4n) is 2.21. The first-order valence-electron chi connectivity index (χ1n) is 6.08. The molecule has 0 saturated carbocycles. The molecule has 0 aliphatic carbocycles. The van der Waals surface area contributed by atoms with Gasteiger partial charge in [-0.3, -0.25) is 0 Å². The van der Waals surface area contributed by atoms with Crippen molar-refractivity contribution >= 4 is 16.7 Å². The summed E-state index contributed by atoms with van der Waals surface area (Å²) >= 11 is 0. The summed E-state index contributed by atoms with van der Waals surface area (Å²) in [5, 5.41) is 9.89. The van der Waals surface area contributed by atoms with Crippen molar-refractivity contribution < 1.29 is 0 Å². The highest BCUT2D eigenvalue weighted by Gasteiger charge is 2.09. The molecule has 0 unspecified atom stereocenters. The van der Waals surface area contributed by atoms with Crippen molar-refractivity contribution in [3.63, 3.8) is 0 Å². The second-order valence-electron chi connectivity index (χ2n) is 4.39. The molecule has 18 heavy (non-hydrogen) atoms. The zero-order valence-corrected chi connectivity index (χ0v) is 10.0. The SMILES string of the molecule is N#Cc1ccc2nc(N3CC=CCC3)ccc2c1. The number of pyridine rings is 1. The summed E-state index contributed by atoms with van der Waals surface area (Å²) < 4.78 is 0. The van der Waals surface area contributed by atoms with Crippen LogP contribution in [0.15, 0.2) is 42.5 Å². The molecular weight excluding hydrogens is 222 g/mol. The Hall–Kier alpha value is -2.34. The highest BCUT2D eigenvalue weighted by molar-refractivity contribution is 5.81. The molecule has 0 N–H and O–H groups in total. The minimum Gasteiger partial charge on any atom is -0.353 e. The number of fused-ring (bicyclic) bond motifs is 1. The number of nitrogens with zero attached hydrogens (tertiary/aromatic N) is 3. The maximum atomic E-state index is 8.87. The average Bonchev–Trinajstić information content (AvgIpc) is 2.47. The van der Waals surface area contributed by atoms with E-state index in [9.17, 15) is 0 Å². The van der Waals surface area contributed by atoms with Crippen molar-refractivity contribution in [1.29, 1.82) is 5.26 Å². The van der Waals surface area contributed by atoms with E-state index < -0.39 is 0 Å². The average molecular weight is 235 g/mol. The zero-order chi connectivity index (χ0) is 12.4. The number of benzene rings is 1. The van der Waals surface area contributed by atoms with Crippen molar-refractivity contribution in [1.82, 2.24) is 4.98 Å². The lowest BCUT2D eigenvalue weighted by Crippen LogP contribution is -2.27. The van der Waals surface area contributed by atoms with Crippen LogP contribution in [0.5, 0.6) is 0 Å². The van der Waals surface area contributed by atoms with Gasteiger partial charge in [0.2, 0.25) is 0 Å². The third-order valence-corrected chi connectivity index (χ3v) is 3.19. The van der Waals surface area contributed by atoms with E-state index in [1.54, 1.807) is 0 Å². The summed E-state index contributed by atoms with van der Waals surface area (Å²) in [4.78, 5) is 6.92. The number of hydrogen-bond donors (Lipinski definition) is 0. The highest BCUT2D eigenvalue weighted by atomic mass is 15.2. The molecule has 2 aromatic rings. The van der Waals surface area contributed by atoms with E-state index in [0.717, 1.165) is 36.2 Å². The molecule has 1 aromatic carbocycles. The van der Waals surface area contributed by atoms with Gasteiger partial charge in [0.25, 0.3) is 0 Å². The Morgan fingerprint density at radius 3 is 2.89 bits per heavy atom. The van der Waals surface area contributed by atoms with Crippen LogP contribution in [-0.2, 0) is 0 Å². The first kappa shape index (κ1) is 10.8. The van der Waals surface area contributed by atoms with Crippen LogP contribution in [0.4, 0.5) is 5.82 Å². The molecule has 3 heteroatoms. The van der Waals surface area contributed by atoms with Crippen molar-refractivity contribution in [2.45, 2.75) is 6.42 Å². The van der Waals surface area contributed by atoms with Crippen LogP contribution in [-0.4, -0.2) is 18.1 Å². The monoisotopic (exact) mass is 235 g/mol. The lowest BCUT2D eigenvalue weighted by Gasteiger charge is -2.24. The minimum absolute atomic E-state index is 0.679. The van der Waals surface area contributed by atoms with Crippen molar-refractivity contribution in [3.05, 3.63) is 48.0 Å². The summed E-state index contributed by atoms with van der Waals surface area (Å²) in [6, 6.07) is 11.8. The first-order chi connectivity index (χ1) is 8.86. The van der Waals surface area contributed by atoms with Gasteiger partial charge in [0.05, 0.1) is 17.1 Å². The second kappa shape index (κ2) is 4.50. The Balaban J connectivity index is 2.01. The third-order valence-electron chi connectivity index (χ3n) is 3.19. The van der Waals surface area contributed by atoms with Crippen LogP contribution < -0.4 is 4.90 Å². The van der Waals surface area contributed by atoms with Crippen molar-refractivity contribution in [2.24, 2.45) is 0 Å². The maximum Gasteiger partial charge on any atom is 0.129 e. The molecule has 88 valence electrons. The quantitative estimate of drug-likeness (QED) is 0.713. The Labute approximate surface area is 106 Å². The third kappa shape index (κ3) is 1.93. The van der Waals surface area contributed by atoms with Crippen LogP contribution in [0.1, 0.15) is 12.0 Å². The predicted octanol–water partition coefficient (Wildman–Crippen LogP) is 2.87. The standard InChI is InChI=1S/C15H13N3/c16-11-12-4-6-14-13(10-12)5-7-15(17-14)18-8-2-1-3-9-18/h1-2,4-7,10H,3,8-9H2. The van der Waals surface area contributed by atoms with E-state index in [-0.39, 0.29) is 0 Å². The molecule has 0 fully saturated rings. The Bertz CT molecular complexity index is 652. The number of aromatic nitrogens is 1. The van der Waals surface area contributed by atoms with Crippen LogP contribution in [0.25, 0.3) is 10.9 Å². The Morgan fingerprint density at radius 1 is 1.17 bits per heavy atom. The summed E-state index contributed by atoms with van der Waals surface area (Å²) in [6.07, 6.45) is 5.46. The zero-order valence-electron chi connectivity index (χ0n) is 10.0. The van der Waals surface area contributed by atoms with Gasteiger partial charge in [-0.1, -0.05) is 12.2 Å². The Kier molecular flexibility index (Phi) is 2.70. The fourth-order valence-corrected chi connectivity index (χ4v) is 2.21. The minimum atomic E-state index is 0.679. The molecule has 3 nitrogen and oxygen atoms in total. The molecule has 0 spiro atoms. The number of nitriles is 1. The molecule has 0 radical (unpaired) electrons. The van der Waals surface area contributed by atoms with Gasteiger partial charge < -0.3 is 4.90 Å². The highest BCUT2D eigenvalue weighted by Crippen LogP contribution is 2.20. The van der Waals surface area contributed by atoms with Gasteiger partial charge in [-0.25, -0.2) is 4.98 Å². The van der Waals surface area contributed by atoms with Gasteiger partial charge >= 0.3 is 0 Å². The number of anilines is 1. The second-order valence-corrected chi connectivity index (χ2v) is 4.39. The van der Waals surface area contributed by atoms with Gasteiger partial charge in [0.1, 0.15) is 5.82 Å². The predicted molar refractivity (Wildman–Crippen MR) is 72.4 cm³/mol. The van der Waals surface area contributed by atoms with E-state index in [1.165, 1.54) is 0 Å². The van der Waals surface area contributed by atoms with Gasteiger partial charge in [-0.2, -0.15) is 5.26 Å². The first-order valence-corrected chi connectivity index (χ1v) is 6.08. The van der Waals surface area contributed by atoms with E-state index in [4.69, 9.17) is 5.26 Å². The van der Waals surface area contributed by atoms with Crippen molar-refractivity contribution in [3.8, 4) is 6.07 Å². The van der Waals surface area contributed by atoms with Crippen LogP contribution in [0.2, 0.25) is 0 Å². The van der Waals surface area contributed by atoms with E-state index in [0.29, 0.717) is 5.56 Å². The topological polar surface area (TPSA) is 39.9 Å². The van der Waals surface area contributed by atoms with E-state index >= 15 is 0 Å². The molecule has 0 bridgehead atoms. The fraction of sp³-hybridized carbons (Fsp3) is 0.200. The van der Waals surface area contributed by atoms with Crippen LogP contribution in [0, 0.1) is 11.3 Å². The smallest absolute Gasteiger partial charge is 0.129 e. The summed E-state index contributed by atoms with van der Waals surface area (Å²) in [5.41, 5.74) is 1.62.